The van der Waals surface area contributed by atoms with E-state index in [-0.39, 0.29) is 6.54 Å². The number of β-amino-alcohol motifs (C(OH)–C–C–N with tert-alkyl or cyclic N) is 1. The van der Waals surface area contributed by atoms with Crippen LogP contribution in [0.2, 0.25) is 0 Å². The molecule has 136 valence electrons. The number of guanidine groups is 1. The van der Waals surface area contributed by atoms with Crippen molar-refractivity contribution in [2.24, 2.45) is 4.99 Å². The van der Waals surface area contributed by atoms with Crippen molar-refractivity contribution in [3.05, 3.63) is 0 Å². The third kappa shape index (κ3) is 3.96. The first-order valence-electron chi connectivity index (χ1n) is 8.43. The number of carbonyl (C=O) groups excluding carboxylic acids is 2. The molecule has 3 amide bonds. The molecule has 4 N–H and O–H groups in total. The lowest BCUT2D eigenvalue weighted by Gasteiger charge is -2.35. The average molecular weight is 341 g/mol. The summed E-state index contributed by atoms with van der Waals surface area (Å²) in [6, 6.07) is -1.15. The largest absolute Gasteiger partial charge is 0.394 e. The molecule has 2 saturated heterocycles. The molecule has 0 aliphatic carbocycles. The van der Waals surface area contributed by atoms with Crippen molar-refractivity contribution >= 4 is 17.9 Å². The summed E-state index contributed by atoms with van der Waals surface area (Å²) in [5, 5.41) is 24.3. The summed E-state index contributed by atoms with van der Waals surface area (Å²) in [5.41, 5.74) is 0. The highest BCUT2D eigenvalue weighted by molar-refractivity contribution is 6.04. The van der Waals surface area contributed by atoms with Crippen molar-refractivity contribution in [1.29, 1.82) is 0 Å². The van der Waals surface area contributed by atoms with Gasteiger partial charge in [-0.25, -0.2) is 4.79 Å². The maximum atomic E-state index is 12.2. The van der Waals surface area contributed by atoms with Gasteiger partial charge in [-0.05, 0) is 6.42 Å². The molecule has 9 heteroatoms. The molecule has 24 heavy (non-hydrogen) atoms. The number of amides is 3. The SMILES string of the molecule is CCCCCCN=C1NC2C(C(=O)NC(=O)N2C)N1CC(O)CO. The zero-order valence-electron chi connectivity index (χ0n) is 14.2. The maximum Gasteiger partial charge on any atom is 0.325 e. The van der Waals surface area contributed by atoms with Gasteiger partial charge in [0.25, 0.3) is 5.91 Å². The van der Waals surface area contributed by atoms with Crippen LogP contribution >= 0.6 is 0 Å². The summed E-state index contributed by atoms with van der Waals surface area (Å²) in [6.07, 6.45) is 2.78. The molecule has 0 spiro atoms. The topological polar surface area (TPSA) is 118 Å². The molecule has 0 radical (unpaired) electrons. The van der Waals surface area contributed by atoms with Crippen LogP contribution in [0.4, 0.5) is 4.79 Å². The second kappa shape index (κ2) is 8.29. The van der Waals surface area contributed by atoms with Gasteiger partial charge in [0, 0.05) is 20.1 Å². The molecule has 0 aromatic rings. The zero-order chi connectivity index (χ0) is 17.7. The van der Waals surface area contributed by atoms with Crippen LogP contribution in [0.15, 0.2) is 4.99 Å². The van der Waals surface area contributed by atoms with Crippen LogP contribution in [0.25, 0.3) is 0 Å². The second-order valence-corrected chi connectivity index (χ2v) is 6.19. The molecular formula is C15H27N5O4. The van der Waals surface area contributed by atoms with E-state index in [2.05, 4.69) is 22.5 Å². The molecule has 0 aromatic heterocycles. The molecule has 0 saturated carbocycles. The third-order valence-electron chi connectivity index (χ3n) is 4.31. The molecule has 2 aliphatic rings. The van der Waals surface area contributed by atoms with Crippen LogP contribution in [0.3, 0.4) is 0 Å². The minimum absolute atomic E-state index is 0.0634. The number of aliphatic hydroxyl groups is 2. The van der Waals surface area contributed by atoms with Crippen LogP contribution < -0.4 is 10.6 Å². The summed E-state index contributed by atoms with van der Waals surface area (Å²) >= 11 is 0. The van der Waals surface area contributed by atoms with E-state index >= 15 is 0 Å². The van der Waals surface area contributed by atoms with Crippen LogP contribution in [0.1, 0.15) is 32.6 Å². The number of hydrogen-bond acceptors (Lipinski definition) is 5. The van der Waals surface area contributed by atoms with E-state index in [4.69, 9.17) is 5.11 Å². The van der Waals surface area contributed by atoms with Gasteiger partial charge < -0.3 is 25.3 Å². The lowest BCUT2D eigenvalue weighted by Crippen LogP contribution is -2.65. The van der Waals surface area contributed by atoms with Gasteiger partial charge in [0.05, 0.1) is 12.7 Å². The van der Waals surface area contributed by atoms with Gasteiger partial charge in [0.1, 0.15) is 6.17 Å². The number of likely N-dealkylation sites (N-methyl/N-ethyl adjacent to an activating group) is 1. The average Bonchev–Trinajstić information content (AvgIpc) is 2.91. The molecule has 0 aromatic carbocycles. The van der Waals surface area contributed by atoms with E-state index in [9.17, 15) is 14.7 Å². The number of nitrogens with one attached hydrogen (secondary N) is 2. The fraction of sp³-hybridized carbons (Fsp3) is 0.800. The summed E-state index contributed by atoms with van der Waals surface area (Å²) in [5.74, 6) is 0.0441. The summed E-state index contributed by atoms with van der Waals surface area (Å²) in [7, 11) is 1.59. The quantitative estimate of drug-likeness (QED) is 0.423. The Morgan fingerprint density at radius 1 is 1.29 bits per heavy atom. The fourth-order valence-electron chi connectivity index (χ4n) is 2.93. The van der Waals surface area contributed by atoms with Crippen LogP contribution in [0.5, 0.6) is 0 Å². The zero-order valence-corrected chi connectivity index (χ0v) is 14.2. The minimum atomic E-state index is -0.994. The van der Waals surface area contributed by atoms with E-state index < -0.39 is 36.9 Å². The Kier molecular flexibility index (Phi) is 6.38. The number of aliphatic hydroxyl groups excluding tert-OH is 2. The number of imide groups is 1. The minimum Gasteiger partial charge on any atom is -0.394 e. The van der Waals surface area contributed by atoms with Crippen LogP contribution in [0, 0.1) is 0 Å². The molecule has 3 atom stereocenters. The van der Waals surface area contributed by atoms with Crippen molar-refractivity contribution in [1.82, 2.24) is 20.4 Å². The van der Waals surface area contributed by atoms with Crippen LogP contribution in [-0.2, 0) is 4.79 Å². The first-order valence-corrected chi connectivity index (χ1v) is 8.43. The molecule has 2 rings (SSSR count). The van der Waals surface area contributed by atoms with E-state index in [1.165, 1.54) is 4.90 Å². The van der Waals surface area contributed by atoms with E-state index in [1.54, 1.807) is 11.9 Å². The normalized spacial score (nSPS) is 26.4. The number of nitrogens with zero attached hydrogens (tertiary/aromatic N) is 3. The lowest BCUT2D eigenvalue weighted by molar-refractivity contribution is -0.127. The van der Waals surface area contributed by atoms with E-state index in [1.807, 2.05) is 0 Å². The molecule has 0 bridgehead atoms. The second-order valence-electron chi connectivity index (χ2n) is 6.19. The Morgan fingerprint density at radius 3 is 2.71 bits per heavy atom. The Labute approximate surface area is 141 Å². The number of fused-ring (bicyclic) bond motifs is 1. The number of urea groups is 1. The number of rotatable bonds is 8. The molecular weight excluding hydrogens is 314 g/mol. The van der Waals surface area contributed by atoms with Crippen LogP contribution in [-0.4, -0.2) is 83.0 Å². The number of hydrogen-bond donors (Lipinski definition) is 4. The van der Waals surface area contributed by atoms with Crippen molar-refractivity contribution in [3.63, 3.8) is 0 Å². The van der Waals surface area contributed by atoms with Crippen molar-refractivity contribution in [2.45, 2.75) is 50.9 Å². The standard InChI is InChI=1S/C15H27N5O4/c1-3-4-5-6-7-16-14-17-12-11(20(14)8-10(22)9-21)13(23)18-15(24)19(12)2/h10-12,21-22H,3-9H2,1-2H3,(H,16,17)(H,18,23,24). The number of unbranched alkanes of at least 4 members (excludes halogenated alkanes) is 3. The molecule has 2 heterocycles. The number of aliphatic imine (C=N–C) groups is 1. The van der Waals surface area contributed by atoms with E-state index in [0.717, 1.165) is 25.7 Å². The first-order chi connectivity index (χ1) is 11.5. The van der Waals surface area contributed by atoms with Crippen molar-refractivity contribution < 1.29 is 19.8 Å². The van der Waals surface area contributed by atoms with Gasteiger partial charge in [-0.3, -0.25) is 15.1 Å². The molecule has 2 fully saturated rings. The van der Waals surface area contributed by atoms with Gasteiger partial charge in [0.15, 0.2) is 12.0 Å². The highest BCUT2D eigenvalue weighted by Crippen LogP contribution is 2.21. The van der Waals surface area contributed by atoms with Gasteiger partial charge in [-0.2, -0.15) is 0 Å². The summed E-state index contributed by atoms with van der Waals surface area (Å²) < 4.78 is 0. The third-order valence-corrected chi connectivity index (χ3v) is 4.31. The Morgan fingerprint density at radius 2 is 2.04 bits per heavy atom. The Balaban J connectivity index is 2.13. The smallest absolute Gasteiger partial charge is 0.325 e. The summed E-state index contributed by atoms with van der Waals surface area (Å²) in [4.78, 5) is 31.5. The highest BCUT2D eigenvalue weighted by atomic mass is 16.3. The van der Waals surface area contributed by atoms with Gasteiger partial charge in [0.2, 0.25) is 0 Å². The molecule has 9 nitrogen and oxygen atoms in total. The fourth-order valence-corrected chi connectivity index (χ4v) is 2.93. The van der Waals surface area contributed by atoms with Gasteiger partial charge in [-0.1, -0.05) is 26.2 Å². The predicted octanol–water partition coefficient (Wildman–Crippen LogP) is -0.943. The Bertz CT molecular complexity index is 498. The lowest BCUT2D eigenvalue weighted by atomic mass is 10.1. The highest BCUT2D eigenvalue weighted by Gasteiger charge is 2.49. The van der Waals surface area contributed by atoms with Crippen molar-refractivity contribution in [2.75, 3.05) is 26.7 Å². The summed E-state index contributed by atoms with van der Waals surface area (Å²) in [6.45, 7) is 2.40. The Hall–Kier alpha value is -1.87. The molecule has 2 aliphatic heterocycles. The van der Waals surface area contributed by atoms with Gasteiger partial charge >= 0.3 is 6.03 Å². The maximum absolute atomic E-state index is 12.2. The van der Waals surface area contributed by atoms with E-state index in [0.29, 0.717) is 12.5 Å². The monoisotopic (exact) mass is 341 g/mol. The molecule has 3 unspecified atom stereocenters. The number of carbonyl (C=O) groups is 2. The van der Waals surface area contributed by atoms with Crippen molar-refractivity contribution in [3.8, 4) is 0 Å². The predicted molar refractivity (Wildman–Crippen MR) is 88.3 cm³/mol. The first kappa shape index (κ1) is 18.5. The van der Waals surface area contributed by atoms with Gasteiger partial charge in [-0.15, -0.1) is 0 Å².